The average molecular weight is 274 g/mol. The second kappa shape index (κ2) is 6.87. The second-order valence-corrected chi connectivity index (χ2v) is 6.04. The molecule has 0 radical (unpaired) electrons. The van der Waals surface area contributed by atoms with Crippen molar-refractivity contribution in [3.63, 3.8) is 0 Å². The van der Waals surface area contributed by atoms with Gasteiger partial charge in [0, 0.05) is 4.88 Å². The summed E-state index contributed by atoms with van der Waals surface area (Å²) in [5, 5.41) is 1.93. The molecule has 0 aliphatic carbocycles. The Balaban J connectivity index is 3.05. The van der Waals surface area contributed by atoms with Crippen LogP contribution in [0.25, 0.3) is 6.08 Å². The van der Waals surface area contributed by atoms with Crippen LogP contribution in [0.5, 0.6) is 0 Å². The van der Waals surface area contributed by atoms with Crippen molar-refractivity contribution in [1.82, 2.24) is 0 Å². The molecule has 0 saturated heterocycles. The van der Waals surface area contributed by atoms with Gasteiger partial charge in [-0.2, -0.15) is 0 Å². The first-order valence-electron chi connectivity index (χ1n) is 5.26. The predicted molar refractivity (Wildman–Crippen MR) is 69.2 cm³/mol. The number of hydrogen-bond donors (Lipinski definition) is 0. The molecule has 0 atom stereocenters. The minimum Gasteiger partial charge on any atom is -0.305 e. The molecule has 0 aromatic carbocycles. The molecular formula is C11H15O4PS. The third-order valence-corrected chi connectivity index (χ3v) is 4.75. The van der Waals surface area contributed by atoms with Crippen molar-refractivity contribution in [1.29, 1.82) is 0 Å². The summed E-state index contributed by atoms with van der Waals surface area (Å²) in [5.74, 6) is 0. The Morgan fingerprint density at radius 3 is 2.47 bits per heavy atom. The molecule has 0 bridgehead atoms. The van der Waals surface area contributed by atoms with Gasteiger partial charge in [-0.15, -0.1) is 11.3 Å². The van der Waals surface area contributed by atoms with E-state index in [1.54, 1.807) is 19.9 Å². The van der Waals surface area contributed by atoms with Crippen LogP contribution in [0.15, 0.2) is 22.8 Å². The first kappa shape index (κ1) is 14.3. The van der Waals surface area contributed by atoms with E-state index >= 15 is 0 Å². The number of thiophene rings is 1. The van der Waals surface area contributed by atoms with E-state index in [1.807, 2.05) is 17.5 Å². The van der Waals surface area contributed by atoms with Gasteiger partial charge in [-0.1, -0.05) is 6.07 Å². The highest BCUT2D eigenvalue weighted by Gasteiger charge is 2.29. The van der Waals surface area contributed by atoms with Gasteiger partial charge in [0.15, 0.2) is 6.29 Å². The minimum atomic E-state index is -3.47. The summed E-state index contributed by atoms with van der Waals surface area (Å²) < 4.78 is 22.6. The summed E-state index contributed by atoms with van der Waals surface area (Å²) in [5.41, 5.74) is 0. The minimum absolute atomic E-state index is 0.0589. The van der Waals surface area contributed by atoms with Crippen LogP contribution >= 0.6 is 18.9 Å². The predicted octanol–water partition coefficient (Wildman–Crippen LogP) is 3.55. The molecule has 0 fully saturated rings. The lowest BCUT2D eigenvalue weighted by molar-refractivity contribution is -0.104. The molecule has 0 aliphatic heterocycles. The molecule has 0 unspecified atom stereocenters. The molecule has 0 amide bonds. The van der Waals surface area contributed by atoms with Crippen molar-refractivity contribution >= 4 is 31.3 Å². The van der Waals surface area contributed by atoms with Crippen LogP contribution in [0.3, 0.4) is 0 Å². The fourth-order valence-corrected chi connectivity index (χ4v) is 3.46. The Labute approximate surface area is 105 Å². The highest BCUT2D eigenvalue weighted by atomic mass is 32.1. The molecule has 0 saturated carbocycles. The van der Waals surface area contributed by atoms with Gasteiger partial charge in [0.1, 0.15) is 5.31 Å². The Hall–Kier alpha value is -0.740. The topological polar surface area (TPSA) is 52.6 Å². The average Bonchev–Trinajstić information content (AvgIpc) is 2.79. The van der Waals surface area contributed by atoms with Gasteiger partial charge in [-0.3, -0.25) is 9.36 Å². The summed E-state index contributed by atoms with van der Waals surface area (Å²) in [6, 6.07) is 3.68. The molecule has 1 aromatic heterocycles. The van der Waals surface area contributed by atoms with Crippen molar-refractivity contribution in [2.24, 2.45) is 0 Å². The van der Waals surface area contributed by atoms with Crippen molar-refractivity contribution in [2.75, 3.05) is 13.2 Å². The second-order valence-electron chi connectivity index (χ2n) is 3.04. The summed E-state index contributed by atoms with van der Waals surface area (Å²) in [7, 11) is -3.47. The molecular weight excluding hydrogens is 259 g/mol. The van der Waals surface area contributed by atoms with Crippen LogP contribution in [0, 0.1) is 0 Å². The smallest absolute Gasteiger partial charge is 0.305 e. The van der Waals surface area contributed by atoms with Gasteiger partial charge in [-0.25, -0.2) is 0 Å². The third-order valence-electron chi connectivity index (χ3n) is 1.87. The van der Waals surface area contributed by atoms with E-state index in [4.69, 9.17) is 9.05 Å². The van der Waals surface area contributed by atoms with E-state index in [2.05, 4.69) is 0 Å². The highest BCUT2D eigenvalue weighted by Crippen LogP contribution is 2.55. The van der Waals surface area contributed by atoms with Crippen LogP contribution < -0.4 is 0 Å². The molecule has 94 valence electrons. The van der Waals surface area contributed by atoms with E-state index in [0.717, 1.165) is 4.88 Å². The van der Waals surface area contributed by atoms with Crippen molar-refractivity contribution < 1.29 is 18.4 Å². The van der Waals surface area contributed by atoms with Gasteiger partial charge < -0.3 is 9.05 Å². The number of rotatable bonds is 7. The molecule has 0 spiro atoms. The van der Waals surface area contributed by atoms with Crippen LogP contribution in [-0.4, -0.2) is 19.5 Å². The highest BCUT2D eigenvalue weighted by molar-refractivity contribution is 7.60. The van der Waals surface area contributed by atoms with Gasteiger partial charge in [0.25, 0.3) is 0 Å². The summed E-state index contributed by atoms with van der Waals surface area (Å²) >= 11 is 1.45. The van der Waals surface area contributed by atoms with Gasteiger partial charge in [0.2, 0.25) is 0 Å². The maximum atomic E-state index is 12.3. The number of aldehydes is 1. The first-order chi connectivity index (χ1) is 8.16. The molecule has 1 rings (SSSR count). The maximum Gasteiger partial charge on any atom is 0.364 e. The Bertz CT molecular complexity index is 415. The molecule has 0 aliphatic rings. The molecule has 1 heterocycles. The Morgan fingerprint density at radius 1 is 1.41 bits per heavy atom. The van der Waals surface area contributed by atoms with E-state index in [1.165, 1.54) is 11.3 Å². The quantitative estimate of drug-likeness (QED) is 0.433. The monoisotopic (exact) mass is 274 g/mol. The molecule has 4 nitrogen and oxygen atoms in total. The fourth-order valence-electron chi connectivity index (χ4n) is 1.22. The first-order valence-corrected chi connectivity index (χ1v) is 7.68. The zero-order chi connectivity index (χ0) is 12.7. The molecule has 17 heavy (non-hydrogen) atoms. The summed E-state index contributed by atoms with van der Waals surface area (Å²) in [6.07, 6.45) is 2.08. The van der Waals surface area contributed by atoms with Gasteiger partial charge in [-0.05, 0) is 31.4 Å². The lowest BCUT2D eigenvalue weighted by Gasteiger charge is -2.16. The zero-order valence-corrected chi connectivity index (χ0v) is 11.5. The van der Waals surface area contributed by atoms with Crippen LogP contribution in [-0.2, 0) is 18.4 Å². The van der Waals surface area contributed by atoms with Crippen LogP contribution in [0.2, 0.25) is 0 Å². The molecule has 6 heteroatoms. The van der Waals surface area contributed by atoms with Crippen molar-refractivity contribution in [2.45, 2.75) is 13.8 Å². The van der Waals surface area contributed by atoms with E-state index in [0.29, 0.717) is 6.29 Å². The SMILES string of the molecule is CCOP(=O)(OCC)/C(C=O)=C/c1cccs1. The Morgan fingerprint density at radius 2 is 2.06 bits per heavy atom. The number of hydrogen-bond acceptors (Lipinski definition) is 5. The largest absolute Gasteiger partial charge is 0.364 e. The number of carbonyl (C=O) groups is 1. The van der Waals surface area contributed by atoms with Gasteiger partial charge >= 0.3 is 7.60 Å². The fraction of sp³-hybridized carbons (Fsp3) is 0.364. The van der Waals surface area contributed by atoms with E-state index in [-0.39, 0.29) is 18.5 Å². The molecule has 1 aromatic rings. The third kappa shape index (κ3) is 3.89. The normalized spacial score (nSPS) is 12.7. The standard InChI is InChI=1S/C11H15O4PS/c1-3-14-16(13,15-4-2)10(9-12)8-11-6-5-7-17-11/h5-9H,3-4H2,1-2H3/b10-8+. The van der Waals surface area contributed by atoms with Gasteiger partial charge in [0.05, 0.1) is 13.2 Å². The summed E-state index contributed by atoms with van der Waals surface area (Å²) in [4.78, 5) is 11.9. The molecule has 0 N–H and O–H groups in total. The number of carbonyl (C=O) groups excluding carboxylic acids is 1. The van der Waals surface area contributed by atoms with Crippen LogP contribution in [0.4, 0.5) is 0 Å². The Kier molecular flexibility index (Phi) is 5.78. The van der Waals surface area contributed by atoms with E-state index < -0.39 is 7.60 Å². The van der Waals surface area contributed by atoms with Crippen molar-refractivity contribution in [3.8, 4) is 0 Å². The lowest BCUT2D eigenvalue weighted by Crippen LogP contribution is -1.99. The zero-order valence-electron chi connectivity index (χ0n) is 9.79. The van der Waals surface area contributed by atoms with Crippen molar-refractivity contribution in [3.05, 3.63) is 27.7 Å². The maximum absolute atomic E-state index is 12.3. The lowest BCUT2D eigenvalue weighted by atomic mass is 10.4. The van der Waals surface area contributed by atoms with E-state index in [9.17, 15) is 9.36 Å². The number of allylic oxidation sites excluding steroid dienone is 1. The summed E-state index contributed by atoms with van der Waals surface area (Å²) in [6.45, 7) is 3.87. The van der Waals surface area contributed by atoms with Crippen LogP contribution in [0.1, 0.15) is 18.7 Å².